The third-order valence-corrected chi connectivity index (χ3v) is 4.77. The van der Waals surface area contributed by atoms with E-state index in [1.165, 1.54) is 0 Å². The fourth-order valence-electron chi connectivity index (χ4n) is 2.06. The fraction of sp³-hybridized carbons (Fsp3) is 0.833. The van der Waals surface area contributed by atoms with Crippen molar-refractivity contribution in [1.29, 1.82) is 0 Å². The molecule has 0 amide bonds. The predicted octanol–water partition coefficient (Wildman–Crippen LogP) is 2.86. The molecule has 1 fully saturated rings. The Bertz CT molecular complexity index is 374. The molecule has 0 saturated heterocycles. The van der Waals surface area contributed by atoms with Gasteiger partial charge in [-0.25, -0.2) is 0 Å². The van der Waals surface area contributed by atoms with Crippen LogP contribution in [0.2, 0.25) is 0 Å². The lowest BCUT2D eigenvalue weighted by Gasteiger charge is -2.34. The molecule has 0 bridgehead atoms. The monoisotopic (exact) mass is 255 g/mol. The van der Waals surface area contributed by atoms with Crippen LogP contribution < -0.4 is 5.73 Å². The number of nitrogens with zero attached hydrogens (tertiary/aromatic N) is 2. The summed E-state index contributed by atoms with van der Waals surface area (Å²) in [7, 11) is 0. The summed E-state index contributed by atoms with van der Waals surface area (Å²) in [5, 5.41) is 4.35. The minimum Gasteiger partial charge on any atom is -0.338 e. The van der Waals surface area contributed by atoms with Crippen molar-refractivity contribution in [3.63, 3.8) is 0 Å². The van der Waals surface area contributed by atoms with Crippen LogP contribution in [-0.4, -0.2) is 15.9 Å². The maximum absolute atomic E-state index is 6.20. The molecule has 1 saturated carbocycles. The molecule has 2 N–H and O–H groups in total. The van der Waals surface area contributed by atoms with E-state index < -0.39 is 0 Å². The van der Waals surface area contributed by atoms with Crippen molar-refractivity contribution in [2.75, 3.05) is 5.75 Å². The van der Waals surface area contributed by atoms with Crippen LogP contribution in [0.3, 0.4) is 0 Å². The Morgan fingerprint density at radius 2 is 2.18 bits per heavy atom. The first-order valence-electron chi connectivity index (χ1n) is 6.31. The summed E-state index contributed by atoms with van der Waals surface area (Å²) in [6.07, 6.45) is 3.11. The van der Waals surface area contributed by atoms with Crippen molar-refractivity contribution >= 4 is 11.8 Å². The van der Waals surface area contributed by atoms with E-state index >= 15 is 0 Å². The zero-order chi connectivity index (χ0) is 12.5. The normalized spacial score (nSPS) is 20.3. The van der Waals surface area contributed by atoms with Crippen molar-refractivity contribution in [2.24, 2.45) is 11.7 Å². The molecular weight excluding hydrogens is 234 g/mol. The Hall–Kier alpha value is -0.550. The Morgan fingerprint density at radius 3 is 2.65 bits per heavy atom. The van der Waals surface area contributed by atoms with Crippen molar-refractivity contribution in [3.8, 4) is 0 Å². The highest BCUT2D eigenvalue weighted by Gasteiger charge is 2.39. The Balaban J connectivity index is 2.15. The second-order valence-corrected chi connectivity index (χ2v) is 6.50. The maximum Gasteiger partial charge on any atom is 0.240 e. The molecule has 17 heavy (non-hydrogen) atoms. The lowest BCUT2D eigenvalue weighted by Crippen LogP contribution is -2.44. The van der Waals surface area contributed by atoms with Gasteiger partial charge >= 0.3 is 0 Å². The Kier molecular flexibility index (Phi) is 3.78. The quantitative estimate of drug-likeness (QED) is 0.876. The summed E-state index contributed by atoms with van der Waals surface area (Å²) in [5.74, 6) is 2.97. The lowest BCUT2D eigenvalue weighted by atomic mass is 9.77. The van der Waals surface area contributed by atoms with Gasteiger partial charge in [0.25, 0.3) is 0 Å². The van der Waals surface area contributed by atoms with Crippen LogP contribution >= 0.6 is 11.8 Å². The smallest absolute Gasteiger partial charge is 0.240 e. The van der Waals surface area contributed by atoms with E-state index in [0.717, 1.165) is 30.9 Å². The van der Waals surface area contributed by atoms with Crippen LogP contribution in [0.1, 0.15) is 57.0 Å². The average molecular weight is 255 g/mol. The highest BCUT2D eigenvalue weighted by molar-refractivity contribution is 7.99. The van der Waals surface area contributed by atoms with E-state index in [4.69, 9.17) is 10.3 Å². The van der Waals surface area contributed by atoms with Gasteiger partial charge in [0, 0.05) is 0 Å². The van der Waals surface area contributed by atoms with Gasteiger partial charge in [0.2, 0.25) is 5.89 Å². The average Bonchev–Trinajstić information content (AvgIpc) is 2.71. The van der Waals surface area contributed by atoms with E-state index in [9.17, 15) is 0 Å². The minimum absolute atomic E-state index is 0.282. The van der Waals surface area contributed by atoms with E-state index in [2.05, 4.69) is 30.9 Å². The minimum atomic E-state index is -0.319. The fourth-order valence-corrected chi connectivity index (χ4v) is 3.05. The molecule has 1 aromatic rings. The number of rotatable bonds is 5. The third kappa shape index (κ3) is 2.50. The number of hydrogen-bond donors (Lipinski definition) is 1. The van der Waals surface area contributed by atoms with Crippen LogP contribution in [0.5, 0.6) is 0 Å². The molecule has 1 aromatic heterocycles. The standard InChI is InChI=1S/C12H21N3OS/c1-4-17-9(8(2)3)10-14-11(15-16-10)12(13)6-5-7-12/h8-9H,4-7,13H2,1-3H3. The maximum atomic E-state index is 6.20. The van der Waals surface area contributed by atoms with Crippen molar-refractivity contribution in [3.05, 3.63) is 11.7 Å². The molecule has 2 rings (SSSR count). The van der Waals surface area contributed by atoms with E-state index in [1.807, 2.05) is 11.8 Å². The van der Waals surface area contributed by atoms with Gasteiger partial charge in [0.1, 0.15) is 0 Å². The summed E-state index contributed by atoms with van der Waals surface area (Å²) in [6.45, 7) is 6.51. The third-order valence-electron chi connectivity index (χ3n) is 3.33. The van der Waals surface area contributed by atoms with Crippen molar-refractivity contribution in [2.45, 2.75) is 50.8 Å². The molecule has 1 aliphatic carbocycles. The largest absolute Gasteiger partial charge is 0.338 e. The second kappa shape index (κ2) is 4.98. The topological polar surface area (TPSA) is 64.9 Å². The van der Waals surface area contributed by atoms with E-state index in [0.29, 0.717) is 11.7 Å². The molecule has 0 spiro atoms. The number of nitrogens with two attached hydrogens (primary N) is 1. The highest BCUT2D eigenvalue weighted by Crippen LogP contribution is 2.39. The van der Waals surface area contributed by atoms with Crippen molar-refractivity contribution in [1.82, 2.24) is 10.1 Å². The van der Waals surface area contributed by atoms with Gasteiger partial charge in [0.15, 0.2) is 5.82 Å². The molecule has 1 atom stereocenters. The number of aromatic nitrogens is 2. The summed E-state index contributed by atoms with van der Waals surface area (Å²) >= 11 is 1.85. The van der Waals surface area contributed by atoms with Gasteiger partial charge in [-0.2, -0.15) is 4.98 Å². The zero-order valence-corrected chi connectivity index (χ0v) is 11.6. The van der Waals surface area contributed by atoms with Gasteiger partial charge in [-0.15, -0.1) is 11.8 Å². The van der Waals surface area contributed by atoms with Crippen LogP contribution in [0, 0.1) is 5.92 Å². The van der Waals surface area contributed by atoms with E-state index in [1.54, 1.807) is 0 Å². The molecule has 4 nitrogen and oxygen atoms in total. The molecule has 0 aromatic carbocycles. The summed E-state index contributed by atoms with van der Waals surface area (Å²) in [5.41, 5.74) is 5.88. The van der Waals surface area contributed by atoms with Crippen molar-refractivity contribution < 1.29 is 4.52 Å². The van der Waals surface area contributed by atoms with Gasteiger partial charge in [-0.1, -0.05) is 25.9 Å². The summed E-state index contributed by atoms with van der Waals surface area (Å²) < 4.78 is 5.40. The van der Waals surface area contributed by atoms with E-state index in [-0.39, 0.29) is 10.8 Å². The molecule has 5 heteroatoms. The Morgan fingerprint density at radius 1 is 1.47 bits per heavy atom. The van der Waals surface area contributed by atoms with Gasteiger partial charge < -0.3 is 10.3 Å². The second-order valence-electron chi connectivity index (χ2n) is 5.09. The van der Waals surface area contributed by atoms with Crippen LogP contribution in [-0.2, 0) is 5.54 Å². The first-order valence-corrected chi connectivity index (χ1v) is 7.36. The van der Waals surface area contributed by atoms with Gasteiger partial charge in [-0.05, 0) is 30.9 Å². The first kappa shape index (κ1) is 12.9. The molecule has 0 aliphatic heterocycles. The van der Waals surface area contributed by atoms with Crippen LogP contribution in [0.4, 0.5) is 0 Å². The molecule has 1 aliphatic rings. The molecule has 1 heterocycles. The highest BCUT2D eigenvalue weighted by atomic mass is 32.2. The first-order chi connectivity index (χ1) is 8.07. The molecular formula is C12H21N3OS. The Labute approximate surface area is 107 Å². The van der Waals surface area contributed by atoms with Gasteiger partial charge in [0.05, 0.1) is 10.8 Å². The molecule has 0 radical (unpaired) electrons. The predicted molar refractivity (Wildman–Crippen MR) is 69.7 cm³/mol. The number of thioether (sulfide) groups is 1. The summed E-state index contributed by atoms with van der Waals surface area (Å²) in [4.78, 5) is 4.52. The molecule has 1 unspecified atom stereocenters. The lowest BCUT2D eigenvalue weighted by molar-refractivity contribution is 0.228. The van der Waals surface area contributed by atoms with Crippen LogP contribution in [0.25, 0.3) is 0 Å². The SMILES string of the molecule is CCSC(c1nc(C2(N)CCC2)no1)C(C)C. The van der Waals surface area contributed by atoms with Gasteiger partial charge in [-0.3, -0.25) is 0 Å². The summed E-state index contributed by atoms with van der Waals surface area (Å²) in [6, 6.07) is 0. The van der Waals surface area contributed by atoms with Crippen LogP contribution in [0.15, 0.2) is 4.52 Å². The molecule has 96 valence electrons. The zero-order valence-electron chi connectivity index (χ0n) is 10.8. The number of hydrogen-bond acceptors (Lipinski definition) is 5.